The minimum atomic E-state index is 0. The Kier molecular flexibility index (Phi) is 247. The van der Waals surface area contributed by atoms with Gasteiger partial charge in [-0.25, -0.2) is 0 Å². The molecule has 0 aliphatic carbocycles. The molecule has 0 aliphatic heterocycles. The third kappa shape index (κ3) is 239. The summed E-state index contributed by atoms with van der Waals surface area (Å²) in [6.07, 6.45) is 0. The van der Waals surface area contributed by atoms with Gasteiger partial charge >= 0.3 is 0 Å². The van der Waals surface area contributed by atoms with Crippen LogP contribution in [-0.4, -0.2) is 33.3 Å². The highest BCUT2D eigenvalue weighted by Crippen LogP contribution is 1.64. The molecule has 0 aromatic carbocycles. The molecule has 0 saturated heterocycles. The third-order valence-corrected chi connectivity index (χ3v) is 0.408. The maximum absolute atomic E-state index is 7.57. The third-order valence-electron chi connectivity index (χ3n) is 0.408. The van der Waals surface area contributed by atoms with Crippen molar-refractivity contribution in [1.29, 1.82) is 0 Å². The lowest BCUT2D eigenvalue weighted by Crippen LogP contribution is -1.84. The Morgan fingerprint density at radius 1 is 0.917 bits per heavy atom. The van der Waals surface area contributed by atoms with Crippen LogP contribution in [0.3, 0.4) is 0 Å². The topological polar surface area (TPSA) is 29.5 Å². The Bertz CT molecular complexity index is 34.8. The summed E-state index contributed by atoms with van der Waals surface area (Å²) in [5, 5.41) is 7.57. The molecule has 12 heavy (non-hydrogen) atoms. The number of ether oxygens (including phenoxy) is 1. The largest absolute Gasteiger partial charge is 0.397 e. The molecule has 0 saturated carbocycles. The van der Waals surface area contributed by atoms with Gasteiger partial charge in [-0.1, -0.05) is 0 Å². The molecular formula is C6H22BF3O2. The Morgan fingerprint density at radius 2 is 1.08 bits per heavy atom. The minimum absolute atomic E-state index is 0. The maximum atomic E-state index is 7.57. The zero-order chi connectivity index (χ0) is 6.83. The number of aliphatic hydroxyl groups excluding tert-OH is 1. The van der Waals surface area contributed by atoms with Crippen molar-refractivity contribution in [2.45, 2.75) is 20.8 Å². The van der Waals surface area contributed by atoms with Gasteiger partial charge in [-0.3, -0.25) is 14.1 Å². The average molecular weight is 194 g/mol. The van der Waals surface area contributed by atoms with Crippen molar-refractivity contribution in [2.75, 3.05) is 19.8 Å². The van der Waals surface area contributed by atoms with Crippen LogP contribution in [0, 0.1) is 0 Å². The zero-order valence-electron chi connectivity index (χ0n) is 7.20. The first-order valence-electron chi connectivity index (χ1n) is 3.01. The van der Waals surface area contributed by atoms with Gasteiger partial charge < -0.3 is 9.84 Å². The molecule has 0 radical (unpaired) electrons. The summed E-state index contributed by atoms with van der Waals surface area (Å²) in [6, 6.07) is 0. The van der Waals surface area contributed by atoms with Crippen molar-refractivity contribution in [3.63, 3.8) is 0 Å². The summed E-state index contributed by atoms with van der Waals surface area (Å²) in [6.45, 7) is 7.60. The van der Waals surface area contributed by atoms with E-state index in [1.54, 1.807) is 6.92 Å². The standard InChI is InChI=1S/C4H10O.C2H6O.BH3.3FH/c1-3-5-4-2;1-2-3;;;;/h3-4H2,1-2H3;3H,2H2,1H3;1H3;3*1H. The highest BCUT2D eigenvalue weighted by Gasteiger charge is 1.64. The second-order valence-electron chi connectivity index (χ2n) is 1.10. The van der Waals surface area contributed by atoms with Gasteiger partial charge in [0.2, 0.25) is 0 Å². The van der Waals surface area contributed by atoms with E-state index in [0.29, 0.717) is 0 Å². The van der Waals surface area contributed by atoms with Crippen LogP contribution in [0.5, 0.6) is 0 Å². The quantitative estimate of drug-likeness (QED) is 0.641. The molecule has 0 rings (SSSR count). The molecule has 0 aromatic rings. The van der Waals surface area contributed by atoms with Crippen LogP contribution in [0.15, 0.2) is 0 Å². The van der Waals surface area contributed by atoms with Gasteiger partial charge in [0.1, 0.15) is 0 Å². The monoisotopic (exact) mass is 194 g/mol. The molecule has 2 nitrogen and oxygen atoms in total. The number of rotatable bonds is 2. The lowest BCUT2D eigenvalue weighted by atomic mass is 10.8. The Labute approximate surface area is 74.0 Å². The molecule has 1 N–H and O–H groups in total. The Hall–Kier alpha value is -0.225. The predicted octanol–water partition coefficient (Wildman–Crippen LogP) is 0.315. The molecule has 0 spiro atoms. The first-order valence-corrected chi connectivity index (χ1v) is 3.01. The fourth-order valence-electron chi connectivity index (χ4n) is 0.204. The number of aliphatic hydroxyl groups is 1. The van der Waals surface area contributed by atoms with Gasteiger partial charge in [-0.05, 0) is 20.8 Å². The van der Waals surface area contributed by atoms with Crippen molar-refractivity contribution < 1.29 is 24.0 Å². The van der Waals surface area contributed by atoms with E-state index in [-0.39, 0.29) is 29.1 Å². The minimum Gasteiger partial charge on any atom is -0.397 e. The molecule has 0 aliphatic rings. The smallest absolute Gasteiger partial charge is 0.0814 e. The van der Waals surface area contributed by atoms with Crippen LogP contribution >= 0.6 is 0 Å². The van der Waals surface area contributed by atoms with E-state index in [4.69, 9.17) is 9.84 Å². The predicted molar refractivity (Wildman–Crippen MR) is 52.4 cm³/mol. The van der Waals surface area contributed by atoms with E-state index in [0.717, 1.165) is 13.2 Å². The summed E-state index contributed by atoms with van der Waals surface area (Å²) in [5.74, 6) is 0. The highest BCUT2D eigenvalue weighted by atomic mass is 19.0. The normalized spacial score (nSPS) is 5.00. The van der Waals surface area contributed by atoms with Crippen molar-refractivity contribution in [3.8, 4) is 0 Å². The second-order valence-corrected chi connectivity index (χ2v) is 1.10. The van der Waals surface area contributed by atoms with E-state index in [1.165, 1.54) is 0 Å². The lowest BCUT2D eigenvalue weighted by molar-refractivity contribution is 0.162. The van der Waals surface area contributed by atoms with Crippen LogP contribution in [0.25, 0.3) is 0 Å². The van der Waals surface area contributed by atoms with Gasteiger partial charge in [-0.2, -0.15) is 0 Å². The van der Waals surface area contributed by atoms with Crippen LogP contribution in [0.1, 0.15) is 20.8 Å². The Balaban J connectivity index is -0.0000000119. The fraction of sp³-hybridized carbons (Fsp3) is 1.00. The highest BCUT2D eigenvalue weighted by molar-refractivity contribution is 5.75. The summed E-state index contributed by atoms with van der Waals surface area (Å²) < 4.78 is 4.83. The van der Waals surface area contributed by atoms with Crippen molar-refractivity contribution in [2.24, 2.45) is 0 Å². The first kappa shape index (κ1) is 41.0. The summed E-state index contributed by atoms with van der Waals surface area (Å²) >= 11 is 0. The molecule has 82 valence electrons. The molecule has 6 heteroatoms. The zero-order valence-corrected chi connectivity index (χ0v) is 7.20. The first-order chi connectivity index (χ1) is 3.83. The molecule has 0 amide bonds. The van der Waals surface area contributed by atoms with Gasteiger partial charge in [0.15, 0.2) is 0 Å². The van der Waals surface area contributed by atoms with Crippen molar-refractivity contribution in [3.05, 3.63) is 0 Å². The van der Waals surface area contributed by atoms with Crippen molar-refractivity contribution in [1.82, 2.24) is 0 Å². The van der Waals surface area contributed by atoms with E-state index in [2.05, 4.69) is 0 Å². The van der Waals surface area contributed by atoms with E-state index < -0.39 is 0 Å². The summed E-state index contributed by atoms with van der Waals surface area (Å²) in [5.41, 5.74) is 0. The van der Waals surface area contributed by atoms with Crippen LogP contribution in [-0.2, 0) is 4.74 Å². The molecule has 0 bridgehead atoms. The van der Waals surface area contributed by atoms with Gasteiger partial charge in [0.05, 0.1) is 8.41 Å². The molecule has 0 heterocycles. The molecule has 0 aromatic heterocycles. The van der Waals surface area contributed by atoms with Gasteiger partial charge in [0.25, 0.3) is 0 Å². The lowest BCUT2D eigenvalue weighted by Gasteiger charge is -1.86. The van der Waals surface area contributed by atoms with Gasteiger partial charge in [0, 0.05) is 19.8 Å². The number of halogens is 3. The maximum Gasteiger partial charge on any atom is 0.0814 e. The number of hydrogen-bond donors (Lipinski definition) is 1. The van der Waals surface area contributed by atoms with E-state index >= 15 is 0 Å². The van der Waals surface area contributed by atoms with Gasteiger partial charge in [-0.15, -0.1) is 0 Å². The molecule has 0 atom stereocenters. The number of hydrogen-bond acceptors (Lipinski definition) is 2. The average Bonchev–Trinajstić information content (AvgIpc) is 1.71. The summed E-state index contributed by atoms with van der Waals surface area (Å²) in [7, 11) is 0. The summed E-state index contributed by atoms with van der Waals surface area (Å²) in [4.78, 5) is 0. The Morgan fingerprint density at radius 3 is 1.08 bits per heavy atom. The van der Waals surface area contributed by atoms with Crippen molar-refractivity contribution >= 4 is 8.41 Å². The van der Waals surface area contributed by atoms with Crippen LogP contribution < -0.4 is 0 Å². The fourth-order valence-corrected chi connectivity index (χ4v) is 0.204. The molecular weight excluding hydrogens is 172 g/mol. The van der Waals surface area contributed by atoms with Crippen LogP contribution in [0.2, 0.25) is 0 Å². The molecule has 0 fully saturated rings. The molecule has 0 unspecified atom stereocenters. The van der Waals surface area contributed by atoms with E-state index in [9.17, 15) is 0 Å². The van der Waals surface area contributed by atoms with E-state index in [1.807, 2.05) is 13.8 Å². The SMILES string of the molecule is B.CCO.CCOCC.F.F.F. The van der Waals surface area contributed by atoms with Crippen LogP contribution in [0.4, 0.5) is 14.1 Å². The second kappa shape index (κ2) is 72.2.